The molecule has 0 unspecified atom stereocenters. The molecule has 0 fully saturated rings. The summed E-state index contributed by atoms with van der Waals surface area (Å²) in [5.41, 5.74) is 5.70. The summed E-state index contributed by atoms with van der Waals surface area (Å²) in [5.74, 6) is -2.83. The van der Waals surface area contributed by atoms with E-state index in [1.165, 1.54) is 9.08 Å². The first-order chi connectivity index (χ1) is 18.0. The molecule has 0 saturated heterocycles. The van der Waals surface area contributed by atoms with Gasteiger partial charge in [0, 0.05) is 48.9 Å². The van der Waals surface area contributed by atoms with Crippen molar-refractivity contribution < 1.29 is 26.7 Å². The number of halogens is 5. The molecule has 6 rings (SSSR count). The lowest BCUT2D eigenvalue weighted by molar-refractivity contribution is -0.137. The standard InChI is InChI=1S/C27H20F5N5O/c1-35-7-5-13-10-21(26(38)14-8-18(28)23(33)19(29)9-14)37-6-3-4-15(24(13)37)22-17(27(30,31)32)11-20-16(25(22)35)12-34-36(20)2/h3-4,6,8-12H,5,7,33H2,1-2H3. The van der Waals surface area contributed by atoms with Gasteiger partial charge in [-0.2, -0.15) is 18.3 Å². The molecule has 194 valence electrons. The van der Waals surface area contributed by atoms with Crippen molar-refractivity contribution in [3.05, 3.63) is 82.8 Å². The van der Waals surface area contributed by atoms with E-state index < -0.39 is 34.8 Å². The van der Waals surface area contributed by atoms with Crippen LogP contribution in [0.15, 0.2) is 48.8 Å². The van der Waals surface area contributed by atoms with E-state index in [1.54, 1.807) is 49.6 Å². The number of carbonyl (C=O) groups is 1. The van der Waals surface area contributed by atoms with Crippen molar-refractivity contribution in [1.82, 2.24) is 14.2 Å². The lowest BCUT2D eigenvalue weighted by Gasteiger charge is -2.29. The monoisotopic (exact) mass is 525 g/mol. The topological polar surface area (TPSA) is 68.6 Å². The van der Waals surface area contributed by atoms with E-state index in [9.17, 15) is 26.7 Å². The molecule has 3 aromatic heterocycles. The molecule has 0 spiro atoms. The van der Waals surface area contributed by atoms with Crippen LogP contribution in [0.2, 0.25) is 0 Å². The van der Waals surface area contributed by atoms with Crippen LogP contribution in [0.4, 0.5) is 33.3 Å². The number of nitrogens with zero attached hydrogens (tertiary/aromatic N) is 4. The van der Waals surface area contributed by atoms with Crippen molar-refractivity contribution in [2.75, 3.05) is 24.2 Å². The SMILES string of the molecule is CN1CCc2cc(C(=O)c3cc(F)c(N)c(F)c3)n3cccc(c23)-c2c(C(F)(F)F)cc3c(cnn3C)c21. The molecule has 0 atom stereocenters. The van der Waals surface area contributed by atoms with Crippen LogP contribution in [0, 0.1) is 11.6 Å². The first-order valence-corrected chi connectivity index (χ1v) is 11.7. The van der Waals surface area contributed by atoms with Crippen molar-refractivity contribution in [2.24, 2.45) is 7.05 Å². The fourth-order valence-electron chi connectivity index (χ4n) is 5.33. The summed E-state index contributed by atoms with van der Waals surface area (Å²) in [6.07, 6.45) is -1.17. The van der Waals surface area contributed by atoms with E-state index in [1.807, 2.05) is 0 Å². The van der Waals surface area contributed by atoms with E-state index in [4.69, 9.17) is 5.73 Å². The Labute approximate surface area is 212 Å². The molecule has 5 aromatic rings. The average molecular weight is 525 g/mol. The minimum atomic E-state index is -4.68. The molecule has 38 heavy (non-hydrogen) atoms. The second kappa shape index (κ2) is 8.04. The Morgan fingerprint density at radius 1 is 1.08 bits per heavy atom. The molecule has 4 heterocycles. The normalized spacial score (nSPS) is 13.6. The molecule has 1 aliphatic rings. The smallest absolute Gasteiger partial charge is 0.394 e. The van der Waals surface area contributed by atoms with Crippen LogP contribution < -0.4 is 10.6 Å². The van der Waals surface area contributed by atoms with Crippen LogP contribution in [-0.4, -0.2) is 33.6 Å². The van der Waals surface area contributed by atoms with E-state index in [0.717, 1.165) is 18.2 Å². The molecule has 0 amide bonds. The second-order valence-electron chi connectivity index (χ2n) is 9.40. The molecule has 6 nitrogen and oxygen atoms in total. The number of pyridine rings is 1. The van der Waals surface area contributed by atoms with Gasteiger partial charge in [-0.15, -0.1) is 0 Å². The lowest BCUT2D eigenvalue weighted by atomic mass is 9.91. The van der Waals surface area contributed by atoms with Gasteiger partial charge in [-0.3, -0.25) is 9.48 Å². The number of benzene rings is 2. The molecular formula is C27H20F5N5O. The third kappa shape index (κ3) is 3.37. The number of hydrogen-bond donors (Lipinski definition) is 1. The fraction of sp³-hybridized carbons (Fsp3) is 0.185. The van der Waals surface area contributed by atoms with E-state index in [0.29, 0.717) is 40.6 Å². The number of rotatable bonds is 2. The molecule has 0 bridgehead atoms. The van der Waals surface area contributed by atoms with Crippen molar-refractivity contribution in [3.8, 4) is 11.1 Å². The van der Waals surface area contributed by atoms with E-state index in [2.05, 4.69) is 5.10 Å². The maximum Gasteiger partial charge on any atom is 0.417 e. The first-order valence-electron chi connectivity index (χ1n) is 11.7. The van der Waals surface area contributed by atoms with E-state index in [-0.39, 0.29) is 22.4 Å². The number of nitrogens with two attached hydrogens (primary N) is 1. The quantitative estimate of drug-likeness (QED) is 0.185. The van der Waals surface area contributed by atoms with Crippen molar-refractivity contribution >= 4 is 33.6 Å². The Morgan fingerprint density at radius 2 is 1.79 bits per heavy atom. The number of carbonyl (C=O) groups excluding carboxylic acids is 1. The number of nitrogen functional groups attached to an aromatic ring is 1. The van der Waals surface area contributed by atoms with Crippen molar-refractivity contribution in [2.45, 2.75) is 12.6 Å². The molecule has 0 radical (unpaired) electrons. The number of hydrogen-bond acceptors (Lipinski definition) is 4. The van der Waals surface area contributed by atoms with Crippen LogP contribution >= 0.6 is 0 Å². The van der Waals surface area contributed by atoms with Gasteiger partial charge >= 0.3 is 6.18 Å². The number of anilines is 2. The van der Waals surface area contributed by atoms with Gasteiger partial charge in [0.05, 0.1) is 34.2 Å². The van der Waals surface area contributed by atoms with Crippen molar-refractivity contribution in [1.29, 1.82) is 0 Å². The van der Waals surface area contributed by atoms with Crippen LogP contribution in [0.3, 0.4) is 0 Å². The number of aromatic nitrogens is 3. The molecule has 2 aromatic carbocycles. The summed E-state index contributed by atoms with van der Waals surface area (Å²) in [6.45, 7) is 0.352. The highest BCUT2D eigenvalue weighted by atomic mass is 19.4. The predicted molar refractivity (Wildman–Crippen MR) is 133 cm³/mol. The minimum Gasteiger partial charge on any atom is -0.394 e. The maximum atomic E-state index is 14.5. The van der Waals surface area contributed by atoms with Crippen LogP contribution in [0.5, 0.6) is 0 Å². The van der Waals surface area contributed by atoms with Gasteiger partial charge in [0.2, 0.25) is 5.78 Å². The minimum absolute atomic E-state index is 0.0197. The van der Waals surface area contributed by atoms with Gasteiger partial charge in [0.25, 0.3) is 0 Å². The fourth-order valence-corrected chi connectivity index (χ4v) is 5.33. The molecule has 2 N–H and O–H groups in total. The third-order valence-electron chi connectivity index (χ3n) is 7.14. The summed E-state index contributed by atoms with van der Waals surface area (Å²) in [6, 6.07) is 7.51. The van der Waals surface area contributed by atoms with Gasteiger partial charge in [0.15, 0.2) is 0 Å². The summed E-state index contributed by atoms with van der Waals surface area (Å²) in [4.78, 5) is 15.2. The van der Waals surface area contributed by atoms with Gasteiger partial charge in [-0.05, 0) is 42.3 Å². The molecule has 1 aliphatic heterocycles. The highest BCUT2D eigenvalue weighted by Crippen LogP contribution is 2.48. The van der Waals surface area contributed by atoms with E-state index >= 15 is 0 Å². The average Bonchev–Trinajstić information content (AvgIpc) is 3.43. The Bertz CT molecular complexity index is 1780. The zero-order chi connectivity index (χ0) is 27.1. The second-order valence-corrected chi connectivity index (χ2v) is 9.40. The maximum absolute atomic E-state index is 14.5. The Morgan fingerprint density at radius 3 is 2.47 bits per heavy atom. The van der Waals surface area contributed by atoms with Gasteiger partial charge in [-0.25, -0.2) is 8.78 Å². The van der Waals surface area contributed by atoms with Gasteiger partial charge in [0.1, 0.15) is 17.3 Å². The summed E-state index contributed by atoms with van der Waals surface area (Å²) in [7, 11) is 3.31. The summed E-state index contributed by atoms with van der Waals surface area (Å²) < 4.78 is 74.8. The molecule has 0 aliphatic carbocycles. The van der Waals surface area contributed by atoms with Crippen LogP contribution in [0.25, 0.3) is 27.5 Å². The number of alkyl halides is 3. The third-order valence-corrected chi connectivity index (χ3v) is 7.14. The zero-order valence-corrected chi connectivity index (χ0v) is 20.2. The number of likely N-dealkylation sites (N-methyl/N-ethyl adjacent to an activating group) is 1. The highest BCUT2D eigenvalue weighted by molar-refractivity contribution is 6.11. The Hall–Kier alpha value is -4.41. The number of fused-ring (bicyclic) bond motifs is 4. The number of ketones is 1. The highest BCUT2D eigenvalue weighted by Gasteiger charge is 2.38. The Balaban J connectivity index is 1.68. The summed E-state index contributed by atoms with van der Waals surface area (Å²) >= 11 is 0. The number of aryl methyl sites for hydroxylation is 1. The molecule has 0 saturated carbocycles. The lowest BCUT2D eigenvalue weighted by Crippen LogP contribution is -2.24. The predicted octanol–water partition coefficient (Wildman–Crippen LogP) is 5.60. The van der Waals surface area contributed by atoms with Crippen LogP contribution in [-0.2, 0) is 19.6 Å². The van der Waals surface area contributed by atoms with Crippen molar-refractivity contribution in [3.63, 3.8) is 0 Å². The zero-order valence-electron chi connectivity index (χ0n) is 20.2. The Kier molecular flexibility index (Phi) is 5.07. The molecule has 11 heteroatoms. The summed E-state index contributed by atoms with van der Waals surface area (Å²) in [5, 5.41) is 4.76. The first kappa shape index (κ1) is 24.0. The van der Waals surface area contributed by atoms with Crippen LogP contribution in [0.1, 0.15) is 27.2 Å². The largest absolute Gasteiger partial charge is 0.417 e. The van der Waals surface area contributed by atoms with Gasteiger partial charge in [-0.1, -0.05) is 6.07 Å². The molecular weight excluding hydrogens is 505 g/mol. The van der Waals surface area contributed by atoms with Gasteiger partial charge < -0.3 is 15.0 Å².